The first kappa shape index (κ1) is 11.0. The molecule has 2 aromatic rings. The molecule has 0 radical (unpaired) electrons. The van der Waals surface area contributed by atoms with Gasteiger partial charge in [-0.25, -0.2) is 4.39 Å². The third-order valence-electron chi connectivity index (χ3n) is 1.95. The lowest BCUT2D eigenvalue weighted by atomic mass is 10.3. The van der Waals surface area contributed by atoms with Gasteiger partial charge >= 0.3 is 0 Å². The fourth-order valence-corrected chi connectivity index (χ4v) is 1.78. The second-order valence-corrected chi connectivity index (χ2v) is 3.93. The molecule has 0 aliphatic rings. The summed E-state index contributed by atoms with van der Waals surface area (Å²) in [5.41, 5.74) is 0.162. The summed E-state index contributed by atoms with van der Waals surface area (Å²) < 4.78 is 14.8. The number of aromatic amines is 1. The number of nitrogens with zero attached hydrogens (tertiary/aromatic N) is 1. The van der Waals surface area contributed by atoms with Crippen LogP contribution in [-0.4, -0.2) is 9.55 Å². The highest BCUT2D eigenvalue weighted by Crippen LogP contribution is 2.17. The fraction of sp³-hybridized carbons (Fsp3) is 0. The van der Waals surface area contributed by atoms with Crippen molar-refractivity contribution in [3.8, 4) is 5.69 Å². The van der Waals surface area contributed by atoms with E-state index >= 15 is 0 Å². The molecular formula is C10H6ClFN2OS. The number of hydrogen-bond acceptors (Lipinski definition) is 2. The minimum atomic E-state index is -0.462. The van der Waals surface area contributed by atoms with E-state index in [1.54, 1.807) is 6.07 Å². The van der Waals surface area contributed by atoms with Crippen LogP contribution in [0.4, 0.5) is 4.39 Å². The maximum atomic E-state index is 13.1. The molecule has 0 saturated heterocycles. The van der Waals surface area contributed by atoms with Crippen molar-refractivity contribution in [2.24, 2.45) is 0 Å². The van der Waals surface area contributed by atoms with Crippen molar-refractivity contribution in [3.05, 3.63) is 56.4 Å². The largest absolute Gasteiger partial charge is 0.299 e. The molecule has 6 heteroatoms. The molecule has 0 bridgehead atoms. The van der Waals surface area contributed by atoms with Gasteiger partial charge in [0, 0.05) is 17.3 Å². The minimum Gasteiger partial charge on any atom is -0.299 e. The molecule has 0 aliphatic heterocycles. The maximum absolute atomic E-state index is 13.1. The van der Waals surface area contributed by atoms with Gasteiger partial charge in [0.25, 0.3) is 5.56 Å². The predicted molar refractivity (Wildman–Crippen MR) is 62.2 cm³/mol. The molecule has 1 aromatic carbocycles. The summed E-state index contributed by atoms with van der Waals surface area (Å²) in [4.78, 5) is 13.4. The smallest absolute Gasteiger partial charge is 0.251 e. The third kappa shape index (κ3) is 2.20. The highest BCUT2D eigenvalue weighted by molar-refractivity contribution is 7.71. The van der Waals surface area contributed by atoms with Gasteiger partial charge in [0.2, 0.25) is 0 Å². The Morgan fingerprint density at radius 1 is 1.38 bits per heavy atom. The monoisotopic (exact) mass is 256 g/mol. The molecule has 1 heterocycles. The number of hydrogen-bond donors (Lipinski definition) is 1. The number of halogens is 2. The van der Waals surface area contributed by atoms with Crippen molar-refractivity contribution >= 4 is 23.8 Å². The summed E-state index contributed by atoms with van der Waals surface area (Å²) in [7, 11) is 0. The lowest BCUT2D eigenvalue weighted by Gasteiger charge is -2.06. The molecule has 16 heavy (non-hydrogen) atoms. The van der Waals surface area contributed by atoms with Crippen LogP contribution >= 0.6 is 23.8 Å². The van der Waals surface area contributed by atoms with Crippen molar-refractivity contribution in [1.82, 2.24) is 9.55 Å². The highest BCUT2D eigenvalue weighted by Gasteiger charge is 2.02. The fourth-order valence-electron chi connectivity index (χ4n) is 1.30. The third-order valence-corrected chi connectivity index (χ3v) is 2.47. The normalized spacial score (nSPS) is 10.4. The zero-order valence-corrected chi connectivity index (χ0v) is 9.48. The molecule has 0 saturated carbocycles. The van der Waals surface area contributed by atoms with E-state index in [4.69, 9.17) is 23.8 Å². The average Bonchev–Trinajstić information content (AvgIpc) is 2.15. The molecule has 2 rings (SSSR count). The van der Waals surface area contributed by atoms with Gasteiger partial charge in [-0.05, 0) is 30.4 Å². The number of aromatic nitrogens is 2. The van der Waals surface area contributed by atoms with Crippen LogP contribution in [0.1, 0.15) is 0 Å². The van der Waals surface area contributed by atoms with E-state index in [0.29, 0.717) is 5.69 Å². The Morgan fingerprint density at radius 2 is 2.12 bits per heavy atom. The Hall–Kier alpha value is -1.46. The zero-order valence-electron chi connectivity index (χ0n) is 7.91. The molecule has 0 atom stereocenters. The van der Waals surface area contributed by atoms with Crippen molar-refractivity contribution < 1.29 is 4.39 Å². The van der Waals surface area contributed by atoms with Crippen molar-refractivity contribution in [2.45, 2.75) is 0 Å². The summed E-state index contributed by atoms with van der Waals surface area (Å²) in [6.45, 7) is 0. The first-order valence-corrected chi connectivity index (χ1v) is 5.13. The predicted octanol–water partition coefficient (Wildman–Crippen LogP) is 2.69. The molecule has 1 N–H and O–H groups in total. The first-order chi connectivity index (χ1) is 7.56. The molecule has 0 amide bonds. The molecule has 0 fully saturated rings. The van der Waals surface area contributed by atoms with Crippen molar-refractivity contribution in [2.75, 3.05) is 0 Å². The molecule has 0 unspecified atom stereocenters. The van der Waals surface area contributed by atoms with Gasteiger partial charge in [-0.2, -0.15) is 0 Å². The van der Waals surface area contributed by atoms with E-state index < -0.39 is 5.82 Å². The zero-order chi connectivity index (χ0) is 11.7. The van der Waals surface area contributed by atoms with E-state index in [2.05, 4.69) is 4.98 Å². The van der Waals surface area contributed by atoms with Gasteiger partial charge < -0.3 is 0 Å². The van der Waals surface area contributed by atoms with Crippen molar-refractivity contribution in [1.29, 1.82) is 0 Å². The Balaban J connectivity index is 2.67. The van der Waals surface area contributed by atoms with Crippen LogP contribution in [0.3, 0.4) is 0 Å². The molecule has 0 spiro atoms. The van der Waals surface area contributed by atoms with Crippen LogP contribution in [0, 0.1) is 10.6 Å². The Morgan fingerprint density at radius 3 is 2.75 bits per heavy atom. The van der Waals surface area contributed by atoms with E-state index in [-0.39, 0.29) is 15.4 Å². The number of benzene rings is 1. The lowest BCUT2D eigenvalue weighted by molar-refractivity contribution is 0.626. The molecule has 3 nitrogen and oxygen atoms in total. The van der Waals surface area contributed by atoms with Gasteiger partial charge in [-0.3, -0.25) is 14.3 Å². The van der Waals surface area contributed by atoms with Crippen LogP contribution < -0.4 is 5.56 Å². The Bertz CT molecular complexity index is 630. The van der Waals surface area contributed by atoms with Gasteiger partial charge in [-0.15, -0.1) is 0 Å². The van der Waals surface area contributed by atoms with Crippen molar-refractivity contribution in [3.63, 3.8) is 0 Å². The quantitative estimate of drug-likeness (QED) is 0.797. The standard InChI is InChI=1S/C10H6ClFN2OS/c11-6-3-7(12)5-8(4-6)14-2-1-9(15)13-10(14)16/h1-5H,(H,13,15,16). The van der Waals surface area contributed by atoms with Crippen LogP contribution in [0.15, 0.2) is 35.3 Å². The van der Waals surface area contributed by atoms with E-state index in [1.165, 1.54) is 29.0 Å². The second kappa shape index (κ2) is 4.19. The van der Waals surface area contributed by atoms with Crippen LogP contribution in [-0.2, 0) is 0 Å². The van der Waals surface area contributed by atoms with Gasteiger partial charge in [0.15, 0.2) is 4.77 Å². The SMILES string of the molecule is O=c1ccn(-c2cc(F)cc(Cl)c2)c(=S)[nH]1. The summed E-state index contributed by atoms with van der Waals surface area (Å²) in [5.74, 6) is -0.462. The lowest BCUT2D eigenvalue weighted by Crippen LogP contribution is -2.09. The molecular weight excluding hydrogens is 251 g/mol. The van der Waals surface area contributed by atoms with Gasteiger partial charge in [-0.1, -0.05) is 11.6 Å². The van der Waals surface area contributed by atoms with E-state index in [9.17, 15) is 9.18 Å². The maximum Gasteiger partial charge on any atom is 0.251 e. The number of nitrogens with one attached hydrogen (secondary N) is 1. The second-order valence-electron chi connectivity index (χ2n) is 3.11. The average molecular weight is 257 g/mol. The molecule has 1 aromatic heterocycles. The molecule has 82 valence electrons. The van der Waals surface area contributed by atoms with E-state index in [0.717, 1.165) is 0 Å². The number of rotatable bonds is 1. The van der Waals surface area contributed by atoms with E-state index in [1.807, 2.05) is 0 Å². The Labute approximate surface area is 100 Å². The first-order valence-electron chi connectivity index (χ1n) is 4.35. The highest BCUT2D eigenvalue weighted by atomic mass is 35.5. The summed E-state index contributed by atoms with van der Waals surface area (Å²) >= 11 is 10.7. The summed E-state index contributed by atoms with van der Waals surface area (Å²) in [5, 5.41) is 0.267. The van der Waals surface area contributed by atoms with Gasteiger partial charge in [0.1, 0.15) is 5.82 Å². The topological polar surface area (TPSA) is 37.8 Å². The van der Waals surface area contributed by atoms with Crippen LogP contribution in [0.25, 0.3) is 5.69 Å². The molecule has 0 aliphatic carbocycles. The van der Waals surface area contributed by atoms with Crippen LogP contribution in [0.2, 0.25) is 5.02 Å². The Kier molecular flexibility index (Phi) is 2.89. The van der Waals surface area contributed by atoms with Gasteiger partial charge in [0.05, 0.1) is 5.69 Å². The number of H-pyrrole nitrogens is 1. The van der Waals surface area contributed by atoms with Crippen LogP contribution in [0.5, 0.6) is 0 Å². The minimum absolute atomic E-state index is 0.189. The summed E-state index contributed by atoms with van der Waals surface area (Å²) in [6.07, 6.45) is 1.46. The summed E-state index contributed by atoms with van der Waals surface area (Å²) in [6, 6.07) is 5.33.